The summed E-state index contributed by atoms with van der Waals surface area (Å²) >= 11 is 0. The van der Waals surface area contributed by atoms with Crippen LogP contribution in [0.5, 0.6) is 11.8 Å². The monoisotopic (exact) mass is 1440 g/mol. The summed E-state index contributed by atoms with van der Waals surface area (Å²) in [7, 11) is 1.62. The number of carbonyl (C=O) groups is 3. The van der Waals surface area contributed by atoms with Gasteiger partial charge in [0.1, 0.15) is 59.3 Å². The fourth-order valence-corrected chi connectivity index (χ4v) is 15.7. The Labute approximate surface area is 620 Å². The Kier molecular flexibility index (Phi) is 19.7. The molecule has 11 aromatic rings. The van der Waals surface area contributed by atoms with Crippen molar-refractivity contribution in [3.8, 4) is 45.4 Å². The number of hydrogen-bond acceptors (Lipinski definition) is 17. The molecule has 3 saturated heterocycles. The zero-order valence-electron chi connectivity index (χ0n) is 61.5. The van der Waals surface area contributed by atoms with Crippen molar-refractivity contribution in [2.75, 3.05) is 44.9 Å². The Morgan fingerprint density at radius 2 is 1.39 bits per heavy atom. The first-order valence-corrected chi connectivity index (χ1v) is 36.8. The molecule has 0 radical (unpaired) electrons. The van der Waals surface area contributed by atoms with Crippen LogP contribution >= 0.6 is 0 Å². The number of fused-ring (bicyclic) bond motifs is 4. The van der Waals surface area contributed by atoms with E-state index in [9.17, 15) is 24.6 Å². The molecule has 0 spiro atoms. The third-order valence-corrected chi connectivity index (χ3v) is 21.3. The lowest BCUT2D eigenvalue weighted by molar-refractivity contribution is -0.142. The first-order valence-electron chi connectivity index (χ1n) is 36.8. The summed E-state index contributed by atoms with van der Waals surface area (Å²) in [4.78, 5) is 67.8. The van der Waals surface area contributed by atoms with E-state index in [0.717, 1.165) is 57.6 Å². The van der Waals surface area contributed by atoms with Crippen LogP contribution < -0.4 is 19.7 Å². The van der Waals surface area contributed by atoms with E-state index in [1.807, 2.05) is 168 Å². The summed E-state index contributed by atoms with van der Waals surface area (Å²) in [6, 6.07) is 46.6. The van der Waals surface area contributed by atoms with Crippen LogP contribution in [0.3, 0.4) is 0 Å². The lowest BCUT2D eigenvalue weighted by atomic mass is 9.77. The highest BCUT2D eigenvalue weighted by Crippen LogP contribution is 2.55. The van der Waals surface area contributed by atoms with Crippen molar-refractivity contribution >= 4 is 45.5 Å². The van der Waals surface area contributed by atoms with Gasteiger partial charge in [-0.15, -0.1) is 5.10 Å². The number of carbonyl (C=O) groups excluding carboxylic acids is 3. The van der Waals surface area contributed by atoms with Gasteiger partial charge in [0, 0.05) is 90.8 Å². The molecule has 0 unspecified atom stereocenters. The van der Waals surface area contributed by atoms with Crippen molar-refractivity contribution in [1.82, 2.24) is 59.8 Å². The minimum absolute atomic E-state index is 0.00320. The predicted octanol–water partition coefficient (Wildman–Crippen LogP) is 13.0. The molecule has 2 bridgehead atoms. The summed E-state index contributed by atoms with van der Waals surface area (Å²) in [6.45, 7) is 15.5. The average molecular weight is 1440 g/mol. The summed E-state index contributed by atoms with van der Waals surface area (Å²) in [5.74, 6) is -0.625. The number of ether oxygens (including phenoxy) is 4. The Morgan fingerprint density at radius 1 is 0.729 bits per heavy atom. The number of benzene rings is 7. The van der Waals surface area contributed by atoms with Gasteiger partial charge in [0.05, 0.1) is 60.0 Å². The maximum Gasteiger partial charge on any atom is 0.410 e. The number of aromatic nitrogens is 9. The molecule has 3 N–H and O–H groups in total. The second-order valence-corrected chi connectivity index (χ2v) is 30.0. The standard InChI is InChI=1S/C84H88FN13O9/c1-49(2)76(80(102)96-43-63(100)38-71(96)79(101)88-70(46-99)56-31-33-57(34-32-56)74-52(5)86-35-36-87-74)97-45-69(91-93-97)55-27-25-53(26-28-55)48-105-77-73(72-51(4)67(85)40-68-66(72)44-98(92-68)84(58-19-13-10-14-20-58,59-21-15-11-16-22-59)60-23-17-12-18-24-60)64(54-29-30-54)39-65-75(77)89-81(106-47-50(3)104-9)90-78(65)94-41-62-37-61(94)42-95(62)82(103)107-83(6,7)8/h10-28,31-36,39-40,44-45,49-50,54,61-63,70-71,76,99-100H,29-30,37-38,41-43,46-48H2,1-9H3,(H,88,101)/t50-,61-,62-,63+,70-,71-,76-/m0/s1. The molecule has 4 aromatic heterocycles. The maximum atomic E-state index is 17.7. The van der Waals surface area contributed by atoms with Gasteiger partial charge in [-0.05, 0) is 118 Å². The van der Waals surface area contributed by atoms with Crippen molar-refractivity contribution in [3.63, 3.8) is 0 Å². The van der Waals surface area contributed by atoms with Gasteiger partial charge < -0.3 is 49.2 Å². The van der Waals surface area contributed by atoms with Crippen LogP contribution in [0, 0.1) is 25.6 Å². The SMILES string of the molecule is CO[C@@H](C)COc1nc(N2C[C@@H]3C[C@H]2CN3C(=O)OC(C)(C)C)c2cc(C3CC3)c(-c3c(C)c(F)cc4nn(C(c5ccccc5)(c5ccccc5)c5ccccc5)cc34)c(OCc3ccc(-c4cn([C@H](C(=O)N5C[C@H](O)C[C@H]5C(=O)N[C@@H](CO)c5ccc(-c6nccnc6C)cc5)C(C)C)nn4)cc3)c2n1. The van der Waals surface area contributed by atoms with Crippen molar-refractivity contribution in [2.24, 2.45) is 5.92 Å². The lowest BCUT2D eigenvalue weighted by Crippen LogP contribution is -2.50. The van der Waals surface area contributed by atoms with E-state index in [4.69, 9.17) is 34.0 Å². The van der Waals surface area contributed by atoms with Gasteiger partial charge in [0.25, 0.3) is 0 Å². The van der Waals surface area contributed by atoms with Crippen LogP contribution in [-0.4, -0.2) is 159 Å². The number of aliphatic hydroxyl groups is 2. The van der Waals surface area contributed by atoms with Gasteiger partial charge >= 0.3 is 12.1 Å². The summed E-state index contributed by atoms with van der Waals surface area (Å²) in [5.41, 5.74) is 9.55. The number of aliphatic hydroxyl groups excluding tert-OH is 2. The first-order chi connectivity index (χ1) is 51.7. The number of hydrogen-bond donors (Lipinski definition) is 3. The Balaban J connectivity index is 0.795. The molecule has 3 amide bonds. The summed E-state index contributed by atoms with van der Waals surface area (Å²) < 4.78 is 46.7. The summed E-state index contributed by atoms with van der Waals surface area (Å²) in [6.07, 6.45) is 7.81. The smallest absolute Gasteiger partial charge is 0.410 e. The van der Waals surface area contributed by atoms with E-state index in [1.165, 1.54) is 15.6 Å². The molecule has 7 aromatic carbocycles. The fraction of sp³-hybridized carbons (Fsp3) is 0.357. The van der Waals surface area contributed by atoms with Crippen LogP contribution in [0.4, 0.5) is 15.0 Å². The third-order valence-electron chi connectivity index (χ3n) is 21.3. The van der Waals surface area contributed by atoms with Gasteiger partial charge in [0.2, 0.25) is 11.8 Å². The molecule has 4 fully saturated rings. The minimum atomic E-state index is -1.04. The molecule has 22 nitrogen and oxygen atoms in total. The highest BCUT2D eigenvalue weighted by atomic mass is 19.1. The normalized spacial score (nSPS) is 18.2. The number of rotatable bonds is 23. The Morgan fingerprint density at radius 3 is 2.00 bits per heavy atom. The molecule has 550 valence electrons. The number of β-amino-alcohol motifs (C(OH)–C–C–N with tert-alkyl or cyclic N) is 1. The molecular formula is C84H88FN13O9. The number of nitrogens with zero attached hydrogens (tertiary/aromatic N) is 12. The molecule has 15 rings (SSSR count). The lowest BCUT2D eigenvalue weighted by Gasteiger charge is -2.36. The van der Waals surface area contributed by atoms with Gasteiger partial charge in [0.15, 0.2) is 5.75 Å². The highest BCUT2D eigenvalue weighted by molar-refractivity contribution is 6.06. The van der Waals surface area contributed by atoms with Crippen LogP contribution in [0.15, 0.2) is 176 Å². The van der Waals surface area contributed by atoms with Gasteiger partial charge in [-0.3, -0.25) is 24.2 Å². The average Bonchev–Trinajstić information content (AvgIpc) is 1.64. The van der Waals surface area contributed by atoms with Crippen molar-refractivity contribution < 1.29 is 47.9 Å². The van der Waals surface area contributed by atoms with Gasteiger partial charge in [-0.1, -0.05) is 159 Å². The molecule has 3 aliphatic heterocycles. The molecular weight excluding hydrogens is 1350 g/mol. The molecule has 23 heteroatoms. The molecule has 7 heterocycles. The second kappa shape index (κ2) is 29.4. The van der Waals surface area contributed by atoms with E-state index in [-0.39, 0.29) is 68.3 Å². The predicted molar refractivity (Wildman–Crippen MR) is 404 cm³/mol. The quantitative estimate of drug-likeness (QED) is 0.0503. The van der Waals surface area contributed by atoms with Gasteiger partial charge in [-0.25, -0.2) is 13.9 Å². The molecule has 1 aliphatic carbocycles. The number of aryl methyl sites for hydroxylation is 1. The zero-order valence-corrected chi connectivity index (χ0v) is 61.5. The Hall–Kier alpha value is -11.0. The zero-order chi connectivity index (χ0) is 74.6. The number of amides is 3. The van der Waals surface area contributed by atoms with Crippen molar-refractivity contribution in [2.45, 2.75) is 147 Å². The van der Waals surface area contributed by atoms with Crippen LogP contribution in [0.25, 0.3) is 55.4 Å². The second-order valence-electron chi connectivity index (χ2n) is 30.0. The number of likely N-dealkylation sites (tertiary alicyclic amines) is 2. The number of piperazine rings is 1. The summed E-state index contributed by atoms with van der Waals surface area (Å²) in [5, 5.41) is 40.6. The number of halogens is 1. The third kappa shape index (κ3) is 13.9. The van der Waals surface area contributed by atoms with Gasteiger partial charge in [-0.2, -0.15) is 15.1 Å². The van der Waals surface area contributed by atoms with Crippen molar-refractivity contribution in [3.05, 3.63) is 227 Å². The maximum absolute atomic E-state index is 17.7. The largest absolute Gasteiger partial charge is 0.486 e. The molecule has 4 aliphatic rings. The number of methoxy groups -OCH3 is 1. The fourth-order valence-electron chi connectivity index (χ4n) is 15.7. The molecule has 7 atom stereocenters. The van der Waals surface area contributed by atoms with Crippen LogP contribution in [-0.2, 0) is 31.2 Å². The van der Waals surface area contributed by atoms with Crippen LogP contribution in [0.2, 0.25) is 0 Å². The highest BCUT2D eigenvalue weighted by Gasteiger charge is 2.49. The van der Waals surface area contributed by atoms with E-state index in [0.29, 0.717) is 86.4 Å². The first kappa shape index (κ1) is 71.6. The topological polar surface area (TPSA) is 250 Å². The van der Waals surface area contributed by atoms with E-state index in [1.54, 1.807) is 25.7 Å². The number of nitrogens with one attached hydrogen (secondary N) is 1. The van der Waals surface area contributed by atoms with E-state index < -0.39 is 59.6 Å². The molecule has 107 heavy (non-hydrogen) atoms. The van der Waals surface area contributed by atoms with Crippen LogP contribution in [0.1, 0.15) is 130 Å². The Bertz CT molecular complexity index is 5000. The minimum Gasteiger partial charge on any atom is -0.486 e. The van der Waals surface area contributed by atoms with E-state index in [2.05, 4.69) is 79.2 Å². The van der Waals surface area contributed by atoms with Crippen molar-refractivity contribution in [1.29, 1.82) is 0 Å². The van der Waals surface area contributed by atoms with E-state index >= 15 is 4.39 Å². The molecule has 1 saturated carbocycles. The number of anilines is 1.